The predicted octanol–water partition coefficient (Wildman–Crippen LogP) is 5.01. The van der Waals surface area contributed by atoms with Gasteiger partial charge in [-0.05, 0) is 55.0 Å². The summed E-state index contributed by atoms with van der Waals surface area (Å²) in [6, 6.07) is 17.8. The van der Waals surface area contributed by atoms with Crippen molar-refractivity contribution in [3.63, 3.8) is 0 Å². The van der Waals surface area contributed by atoms with E-state index in [2.05, 4.69) is 0 Å². The van der Waals surface area contributed by atoms with Gasteiger partial charge in [0, 0.05) is 11.6 Å². The van der Waals surface area contributed by atoms with Gasteiger partial charge in [0.15, 0.2) is 18.1 Å². The van der Waals surface area contributed by atoms with Gasteiger partial charge >= 0.3 is 0 Å². The third-order valence-electron chi connectivity index (χ3n) is 4.55. The van der Waals surface area contributed by atoms with Crippen LogP contribution in [0.3, 0.4) is 0 Å². The van der Waals surface area contributed by atoms with Crippen LogP contribution in [0.1, 0.15) is 31.8 Å². The van der Waals surface area contributed by atoms with E-state index in [0.717, 1.165) is 11.1 Å². The molecule has 0 amide bonds. The second-order valence-electron chi connectivity index (χ2n) is 6.73. The Balaban J connectivity index is 1.46. The topological polar surface area (TPSA) is 52.6 Å². The molecule has 29 heavy (non-hydrogen) atoms. The molecule has 4 rings (SSSR count). The molecular formula is C24H17FO4. The van der Waals surface area contributed by atoms with Gasteiger partial charge in [0.25, 0.3) is 0 Å². The first-order valence-electron chi connectivity index (χ1n) is 9.06. The molecule has 144 valence electrons. The van der Waals surface area contributed by atoms with Crippen molar-refractivity contribution in [2.24, 2.45) is 0 Å². The lowest BCUT2D eigenvalue weighted by atomic mass is 10.1. The van der Waals surface area contributed by atoms with E-state index >= 15 is 0 Å². The number of aryl methyl sites for hydroxylation is 1. The fourth-order valence-electron chi connectivity index (χ4n) is 2.94. The number of hydrogen-bond donors (Lipinski definition) is 0. The SMILES string of the molecule is Cc1ccc(/C=C2\Oc3cc(OCC(=O)c4ccc(F)cc4)ccc3C2=O)cc1. The first kappa shape index (κ1) is 18.6. The number of ether oxygens (including phenoxy) is 2. The van der Waals surface area contributed by atoms with Gasteiger partial charge in [-0.2, -0.15) is 0 Å². The first-order valence-corrected chi connectivity index (χ1v) is 9.06. The summed E-state index contributed by atoms with van der Waals surface area (Å²) in [5, 5.41) is 0. The van der Waals surface area contributed by atoms with Gasteiger partial charge in [0.2, 0.25) is 5.78 Å². The van der Waals surface area contributed by atoms with Crippen LogP contribution in [0.15, 0.2) is 72.5 Å². The molecule has 0 spiro atoms. The highest BCUT2D eigenvalue weighted by atomic mass is 19.1. The van der Waals surface area contributed by atoms with E-state index in [1.54, 1.807) is 24.3 Å². The van der Waals surface area contributed by atoms with Crippen LogP contribution in [0.5, 0.6) is 11.5 Å². The summed E-state index contributed by atoms with van der Waals surface area (Å²) in [5.41, 5.74) is 2.81. The number of allylic oxidation sites excluding steroid dienone is 1. The van der Waals surface area contributed by atoms with Crippen molar-refractivity contribution in [3.8, 4) is 11.5 Å². The Kier molecular flexibility index (Phi) is 4.96. The molecule has 3 aromatic carbocycles. The molecule has 0 fully saturated rings. The van der Waals surface area contributed by atoms with Gasteiger partial charge in [0.1, 0.15) is 17.3 Å². The lowest BCUT2D eigenvalue weighted by Gasteiger charge is -2.07. The molecule has 4 nitrogen and oxygen atoms in total. The fraction of sp³-hybridized carbons (Fsp3) is 0.0833. The largest absolute Gasteiger partial charge is 0.485 e. The van der Waals surface area contributed by atoms with E-state index in [1.165, 1.54) is 24.3 Å². The predicted molar refractivity (Wildman–Crippen MR) is 107 cm³/mol. The van der Waals surface area contributed by atoms with E-state index in [4.69, 9.17) is 9.47 Å². The monoisotopic (exact) mass is 388 g/mol. The molecule has 0 saturated carbocycles. The van der Waals surface area contributed by atoms with Crippen molar-refractivity contribution < 1.29 is 23.5 Å². The van der Waals surface area contributed by atoms with E-state index in [1.807, 2.05) is 31.2 Å². The molecule has 0 bridgehead atoms. The lowest BCUT2D eigenvalue weighted by Crippen LogP contribution is -2.11. The smallest absolute Gasteiger partial charge is 0.231 e. The van der Waals surface area contributed by atoms with E-state index in [9.17, 15) is 14.0 Å². The van der Waals surface area contributed by atoms with Crippen LogP contribution in [0.4, 0.5) is 4.39 Å². The molecule has 5 heteroatoms. The number of benzene rings is 3. The molecule has 0 radical (unpaired) electrons. The maximum atomic E-state index is 13.0. The van der Waals surface area contributed by atoms with Crippen LogP contribution in [-0.2, 0) is 0 Å². The van der Waals surface area contributed by atoms with Crippen molar-refractivity contribution in [1.29, 1.82) is 0 Å². The minimum atomic E-state index is -0.405. The van der Waals surface area contributed by atoms with Crippen LogP contribution in [0, 0.1) is 12.7 Å². The van der Waals surface area contributed by atoms with Gasteiger partial charge in [-0.25, -0.2) is 4.39 Å². The Labute approximate surface area is 167 Å². The number of halogens is 1. The summed E-state index contributed by atoms with van der Waals surface area (Å²) in [6.45, 7) is 1.79. The second-order valence-corrected chi connectivity index (χ2v) is 6.73. The molecular weight excluding hydrogens is 371 g/mol. The number of carbonyl (C=O) groups excluding carboxylic acids is 2. The van der Waals surface area contributed by atoms with Crippen molar-refractivity contribution in [2.75, 3.05) is 6.61 Å². The van der Waals surface area contributed by atoms with Crippen LogP contribution < -0.4 is 9.47 Å². The minimum Gasteiger partial charge on any atom is -0.485 e. The normalized spacial score (nSPS) is 13.9. The minimum absolute atomic E-state index is 0.200. The summed E-state index contributed by atoms with van der Waals surface area (Å²) in [6.07, 6.45) is 1.69. The van der Waals surface area contributed by atoms with Crippen molar-refractivity contribution in [1.82, 2.24) is 0 Å². The fourth-order valence-corrected chi connectivity index (χ4v) is 2.94. The van der Waals surface area contributed by atoms with Gasteiger partial charge in [-0.15, -0.1) is 0 Å². The van der Waals surface area contributed by atoms with E-state index in [-0.39, 0.29) is 23.9 Å². The summed E-state index contributed by atoms with van der Waals surface area (Å²) < 4.78 is 24.2. The van der Waals surface area contributed by atoms with Gasteiger partial charge < -0.3 is 9.47 Å². The van der Waals surface area contributed by atoms with Gasteiger partial charge in [-0.3, -0.25) is 9.59 Å². The van der Waals surface area contributed by atoms with E-state index in [0.29, 0.717) is 22.6 Å². The summed E-state index contributed by atoms with van der Waals surface area (Å²) >= 11 is 0. The van der Waals surface area contributed by atoms with Gasteiger partial charge in [-0.1, -0.05) is 29.8 Å². The van der Waals surface area contributed by atoms with Crippen LogP contribution in [0.25, 0.3) is 6.08 Å². The molecule has 0 unspecified atom stereocenters. The molecule has 0 N–H and O–H groups in total. The number of hydrogen-bond acceptors (Lipinski definition) is 4. The maximum absolute atomic E-state index is 13.0. The summed E-state index contributed by atoms with van der Waals surface area (Å²) in [7, 11) is 0. The molecule has 3 aromatic rings. The third kappa shape index (κ3) is 4.09. The van der Waals surface area contributed by atoms with Crippen molar-refractivity contribution in [2.45, 2.75) is 6.92 Å². The molecule has 0 atom stereocenters. The Morgan fingerprint density at radius 3 is 2.48 bits per heavy atom. The third-order valence-corrected chi connectivity index (χ3v) is 4.55. The molecule has 1 aliphatic rings. The molecule has 0 saturated heterocycles. The number of ketones is 2. The summed E-state index contributed by atoms with van der Waals surface area (Å²) in [5.74, 6) is 0.154. The highest BCUT2D eigenvalue weighted by Crippen LogP contribution is 2.35. The average Bonchev–Trinajstić information content (AvgIpc) is 3.03. The highest BCUT2D eigenvalue weighted by molar-refractivity contribution is 6.14. The first-order chi connectivity index (χ1) is 14.0. The van der Waals surface area contributed by atoms with Crippen LogP contribution in [-0.4, -0.2) is 18.2 Å². The quantitative estimate of drug-likeness (QED) is 0.455. The standard InChI is InChI=1S/C24H17FO4/c1-15-2-4-16(5-3-15)12-23-24(27)20-11-10-19(13-22(20)29-23)28-14-21(26)17-6-8-18(25)9-7-17/h2-13H,14H2,1H3/b23-12-. The van der Waals surface area contributed by atoms with Crippen LogP contribution in [0.2, 0.25) is 0 Å². The number of Topliss-reactive ketones (excluding diaryl/α,β-unsaturated/α-hetero) is 2. The molecule has 0 aliphatic carbocycles. The highest BCUT2D eigenvalue weighted by Gasteiger charge is 2.27. The average molecular weight is 388 g/mol. The van der Waals surface area contributed by atoms with Gasteiger partial charge in [0.05, 0.1) is 5.56 Å². The zero-order chi connectivity index (χ0) is 20.4. The molecule has 1 aliphatic heterocycles. The number of carbonyl (C=O) groups is 2. The van der Waals surface area contributed by atoms with Crippen molar-refractivity contribution in [3.05, 3.63) is 101 Å². The number of rotatable bonds is 5. The van der Waals surface area contributed by atoms with Crippen molar-refractivity contribution >= 4 is 17.6 Å². The molecule has 0 aromatic heterocycles. The molecule has 1 heterocycles. The van der Waals surface area contributed by atoms with Crippen LogP contribution >= 0.6 is 0 Å². The Morgan fingerprint density at radius 2 is 1.76 bits per heavy atom. The second kappa shape index (κ2) is 7.72. The summed E-state index contributed by atoms with van der Waals surface area (Å²) in [4.78, 5) is 24.7. The number of fused-ring (bicyclic) bond motifs is 1. The maximum Gasteiger partial charge on any atom is 0.231 e. The zero-order valence-corrected chi connectivity index (χ0v) is 15.6. The van der Waals surface area contributed by atoms with E-state index < -0.39 is 5.82 Å². The Bertz CT molecular complexity index is 1110. The Morgan fingerprint density at radius 1 is 1.03 bits per heavy atom. The Hall–Kier alpha value is -3.73. The zero-order valence-electron chi connectivity index (χ0n) is 15.6. The lowest BCUT2D eigenvalue weighted by molar-refractivity contribution is 0.0920.